The smallest absolute Gasteiger partial charge is 0.238 e. The molecule has 0 saturated carbocycles. The molecule has 0 spiro atoms. The van der Waals surface area contributed by atoms with Gasteiger partial charge in [-0.2, -0.15) is 0 Å². The van der Waals surface area contributed by atoms with Crippen molar-refractivity contribution in [2.75, 3.05) is 13.6 Å². The second-order valence-corrected chi connectivity index (χ2v) is 7.44. The van der Waals surface area contributed by atoms with Crippen molar-refractivity contribution in [1.29, 1.82) is 0 Å². The molecule has 9 heteroatoms. The van der Waals surface area contributed by atoms with Gasteiger partial charge in [-0.25, -0.2) is 17.9 Å². The first-order chi connectivity index (χ1) is 12.8. The van der Waals surface area contributed by atoms with E-state index in [-0.39, 0.29) is 16.8 Å². The quantitative estimate of drug-likeness (QED) is 0.489. The minimum absolute atomic E-state index is 0.0699. The summed E-state index contributed by atoms with van der Waals surface area (Å²) in [4.78, 5) is 4.19. The van der Waals surface area contributed by atoms with Crippen molar-refractivity contribution >= 4 is 16.0 Å². The molecule has 27 heavy (non-hydrogen) atoms. The van der Waals surface area contributed by atoms with Gasteiger partial charge in [-0.15, -0.1) is 0 Å². The summed E-state index contributed by atoms with van der Waals surface area (Å²) in [6, 6.07) is 12.1. The molecule has 0 aliphatic heterocycles. The summed E-state index contributed by atoms with van der Waals surface area (Å²) in [6.45, 7) is 2.83. The van der Waals surface area contributed by atoms with Crippen LogP contribution in [0.25, 0.3) is 0 Å². The number of hydrogen-bond acceptors (Lipinski definition) is 4. The molecular weight excluding hydrogens is 371 g/mol. The zero-order valence-electron chi connectivity index (χ0n) is 15.1. The van der Waals surface area contributed by atoms with Crippen molar-refractivity contribution < 1.29 is 17.5 Å². The Kier molecular flexibility index (Phi) is 7.14. The number of hydrogen-bond donors (Lipinski definition) is 3. The third kappa shape index (κ3) is 6.87. The summed E-state index contributed by atoms with van der Waals surface area (Å²) in [5.41, 5.74) is 0.876. The van der Waals surface area contributed by atoms with Gasteiger partial charge in [0.25, 0.3) is 0 Å². The third-order valence-electron chi connectivity index (χ3n) is 3.64. The van der Waals surface area contributed by atoms with Crippen LogP contribution in [0.5, 0.6) is 5.75 Å². The Morgan fingerprint density at radius 2 is 1.78 bits per heavy atom. The fourth-order valence-electron chi connectivity index (χ4n) is 2.23. The highest BCUT2D eigenvalue weighted by atomic mass is 32.2. The summed E-state index contributed by atoms with van der Waals surface area (Å²) in [5.74, 6) is 0.846. The molecule has 7 nitrogen and oxygen atoms in total. The van der Waals surface area contributed by atoms with E-state index in [1.807, 2.05) is 6.92 Å². The molecule has 0 aliphatic rings. The summed E-state index contributed by atoms with van der Waals surface area (Å²) in [5, 5.41) is 11.3. The van der Waals surface area contributed by atoms with E-state index in [9.17, 15) is 12.8 Å². The minimum Gasteiger partial charge on any atom is -0.489 e. The van der Waals surface area contributed by atoms with Crippen LogP contribution in [0.3, 0.4) is 0 Å². The maximum Gasteiger partial charge on any atom is 0.238 e. The molecule has 0 radical (unpaired) electrons. The second-order valence-electron chi connectivity index (χ2n) is 5.88. The van der Waals surface area contributed by atoms with Crippen molar-refractivity contribution in [2.24, 2.45) is 10.1 Å². The highest BCUT2D eigenvalue weighted by Gasteiger charge is 2.08. The zero-order valence-corrected chi connectivity index (χ0v) is 16.0. The number of guanidine groups is 1. The standard InChI is InChI=1S/C18H23FN4O3S/c1-13(26-16-7-5-15(19)6-8-16)11-22-18(21-2)23-12-14-3-9-17(10-4-14)27(20,24)25/h3-10,13H,11-12H2,1-2H3,(H2,20,24,25)(H2,21,22,23). The number of sulfonamides is 1. The van der Waals surface area contributed by atoms with Gasteiger partial charge in [0.05, 0.1) is 11.4 Å². The molecule has 1 unspecified atom stereocenters. The highest BCUT2D eigenvalue weighted by Crippen LogP contribution is 2.12. The monoisotopic (exact) mass is 394 g/mol. The van der Waals surface area contributed by atoms with Crippen LogP contribution in [-0.4, -0.2) is 34.1 Å². The van der Waals surface area contributed by atoms with Crippen LogP contribution in [0.15, 0.2) is 58.4 Å². The first-order valence-corrected chi connectivity index (χ1v) is 9.81. The number of nitrogens with two attached hydrogens (primary N) is 1. The van der Waals surface area contributed by atoms with Gasteiger partial charge in [-0.05, 0) is 48.9 Å². The highest BCUT2D eigenvalue weighted by molar-refractivity contribution is 7.89. The first kappa shape index (κ1) is 20.7. The molecule has 2 aromatic rings. The Morgan fingerprint density at radius 1 is 1.15 bits per heavy atom. The van der Waals surface area contributed by atoms with E-state index >= 15 is 0 Å². The average molecular weight is 394 g/mol. The van der Waals surface area contributed by atoms with E-state index in [2.05, 4.69) is 15.6 Å². The van der Waals surface area contributed by atoms with Gasteiger partial charge in [0.15, 0.2) is 5.96 Å². The van der Waals surface area contributed by atoms with Crippen LogP contribution >= 0.6 is 0 Å². The van der Waals surface area contributed by atoms with E-state index in [1.165, 1.54) is 24.3 Å². The van der Waals surface area contributed by atoms with Gasteiger partial charge in [0.2, 0.25) is 10.0 Å². The summed E-state index contributed by atoms with van der Waals surface area (Å²) >= 11 is 0. The number of ether oxygens (including phenoxy) is 1. The molecule has 0 aliphatic carbocycles. The first-order valence-electron chi connectivity index (χ1n) is 8.26. The molecule has 0 amide bonds. The predicted molar refractivity (Wildman–Crippen MR) is 103 cm³/mol. The van der Waals surface area contributed by atoms with Gasteiger partial charge in [-0.3, -0.25) is 4.99 Å². The Hall–Kier alpha value is -2.65. The van der Waals surface area contributed by atoms with E-state index in [4.69, 9.17) is 9.88 Å². The Morgan fingerprint density at radius 3 is 2.33 bits per heavy atom. The van der Waals surface area contributed by atoms with Crippen molar-refractivity contribution in [3.63, 3.8) is 0 Å². The molecule has 0 bridgehead atoms. The molecule has 1 atom stereocenters. The Labute approximate surface area is 158 Å². The van der Waals surface area contributed by atoms with Crippen molar-refractivity contribution in [1.82, 2.24) is 10.6 Å². The number of nitrogens with zero attached hydrogens (tertiary/aromatic N) is 1. The molecule has 0 saturated heterocycles. The zero-order chi connectivity index (χ0) is 19.9. The minimum atomic E-state index is -3.69. The lowest BCUT2D eigenvalue weighted by atomic mass is 10.2. The lowest BCUT2D eigenvalue weighted by Crippen LogP contribution is -2.41. The molecule has 0 fully saturated rings. The number of nitrogens with one attached hydrogen (secondary N) is 2. The molecule has 2 aromatic carbocycles. The van der Waals surface area contributed by atoms with E-state index in [1.54, 1.807) is 31.3 Å². The van der Waals surface area contributed by atoms with Gasteiger partial charge in [0.1, 0.15) is 17.7 Å². The van der Waals surface area contributed by atoms with Gasteiger partial charge in [-0.1, -0.05) is 12.1 Å². The Balaban J connectivity index is 1.80. The predicted octanol–water partition coefficient (Wildman–Crippen LogP) is 1.61. The molecule has 0 aromatic heterocycles. The fraction of sp³-hybridized carbons (Fsp3) is 0.278. The van der Waals surface area contributed by atoms with E-state index in [0.717, 1.165) is 5.56 Å². The maximum atomic E-state index is 12.9. The SMILES string of the molecule is CN=C(NCc1ccc(S(N)(=O)=O)cc1)NCC(C)Oc1ccc(F)cc1. The lowest BCUT2D eigenvalue weighted by Gasteiger charge is -2.18. The van der Waals surface area contributed by atoms with Gasteiger partial charge < -0.3 is 15.4 Å². The van der Waals surface area contributed by atoms with Crippen LogP contribution in [-0.2, 0) is 16.6 Å². The summed E-state index contributed by atoms with van der Waals surface area (Å²) in [7, 11) is -2.05. The summed E-state index contributed by atoms with van der Waals surface area (Å²) in [6.07, 6.45) is -0.164. The van der Waals surface area contributed by atoms with E-state index in [0.29, 0.717) is 24.8 Å². The van der Waals surface area contributed by atoms with Crippen molar-refractivity contribution in [2.45, 2.75) is 24.5 Å². The van der Waals surface area contributed by atoms with Gasteiger partial charge in [0, 0.05) is 13.6 Å². The molecule has 0 heterocycles. The second kappa shape index (κ2) is 9.33. The average Bonchev–Trinajstić information content (AvgIpc) is 2.63. The number of primary sulfonamides is 1. The largest absolute Gasteiger partial charge is 0.489 e. The van der Waals surface area contributed by atoms with Crippen LogP contribution in [0.4, 0.5) is 4.39 Å². The molecule has 4 N–H and O–H groups in total. The Bertz CT molecular complexity index is 868. The van der Waals surface area contributed by atoms with E-state index < -0.39 is 10.0 Å². The molecule has 146 valence electrons. The van der Waals surface area contributed by atoms with Gasteiger partial charge >= 0.3 is 0 Å². The van der Waals surface area contributed by atoms with Crippen LogP contribution in [0.2, 0.25) is 0 Å². The normalized spacial score (nSPS) is 13.1. The summed E-state index contributed by atoms with van der Waals surface area (Å²) < 4.78 is 41.1. The van der Waals surface area contributed by atoms with Crippen molar-refractivity contribution in [3.8, 4) is 5.75 Å². The lowest BCUT2D eigenvalue weighted by molar-refractivity contribution is 0.223. The molecular formula is C18H23FN4O3S. The number of aliphatic imine (C=N–C) groups is 1. The van der Waals surface area contributed by atoms with Crippen LogP contribution < -0.4 is 20.5 Å². The molecule has 2 rings (SSSR count). The topological polar surface area (TPSA) is 106 Å². The third-order valence-corrected chi connectivity index (χ3v) is 4.57. The van der Waals surface area contributed by atoms with Crippen molar-refractivity contribution in [3.05, 3.63) is 59.9 Å². The maximum absolute atomic E-state index is 12.9. The van der Waals surface area contributed by atoms with Crippen LogP contribution in [0.1, 0.15) is 12.5 Å². The van der Waals surface area contributed by atoms with Crippen LogP contribution in [0, 0.1) is 5.82 Å². The number of halogens is 1. The number of rotatable bonds is 7. The number of benzene rings is 2. The fourth-order valence-corrected chi connectivity index (χ4v) is 2.75.